The van der Waals surface area contributed by atoms with Crippen molar-refractivity contribution in [2.24, 2.45) is 5.73 Å². The van der Waals surface area contributed by atoms with Crippen molar-refractivity contribution in [1.29, 1.82) is 0 Å². The van der Waals surface area contributed by atoms with Gasteiger partial charge in [-0.05, 0) is 31.0 Å². The third-order valence-electron chi connectivity index (χ3n) is 2.50. The SMILES string of the molecule is CCOc1ccc(C(N)CCOCC(F)F)c(Br)c1. The van der Waals surface area contributed by atoms with E-state index >= 15 is 0 Å². The molecule has 0 aliphatic heterocycles. The second kappa shape index (κ2) is 8.45. The summed E-state index contributed by atoms with van der Waals surface area (Å²) in [7, 11) is 0. The van der Waals surface area contributed by atoms with Crippen LogP contribution in [0.2, 0.25) is 0 Å². The first-order valence-corrected chi connectivity index (χ1v) is 6.87. The van der Waals surface area contributed by atoms with E-state index in [9.17, 15) is 8.78 Å². The van der Waals surface area contributed by atoms with E-state index in [1.165, 1.54) is 0 Å². The highest BCUT2D eigenvalue weighted by atomic mass is 79.9. The average molecular weight is 338 g/mol. The summed E-state index contributed by atoms with van der Waals surface area (Å²) in [5.41, 5.74) is 6.91. The summed E-state index contributed by atoms with van der Waals surface area (Å²) in [4.78, 5) is 0. The normalized spacial score (nSPS) is 12.7. The van der Waals surface area contributed by atoms with Crippen molar-refractivity contribution < 1.29 is 18.3 Å². The molecule has 2 N–H and O–H groups in total. The van der Waals surface area contributed by atoms with Crippen molar-refractivity contribution in [3.05, 3.63) is 28.2 Å². The van der Waals surface area contributed by atoms with Crippen LogP contribution >= 0.6 is 15.9 Å². The maximum absolute atomic E-state index is 11.9. The highest BCUT2D eigenvalue weighted by molar-refractivity contribution is 9.10. The molecular formula is C13H18BrF2NO2. The molecule has 3 nitrogen and oxygen atoms in total. The van der Waals surface area contributed by atoms with E-state index in [1.807, 2.05) is 25.1 Å². The lowest BCUT2D eigenvalue weighted by Gasteiger charge is -2.15. The van der Waals surface area contributed by atoms with Crippen LogP contribution in [0.5, 0.6) is 5.75 Å². The fourth-order valence-corrected chi connectivity index (χ4v) is 2.26. The number of hydrogen-bond donors (Lipinski definition) is 1. The van der Waals surface area contributed by atoms with Crippen molar-refractivity contribution in [3.63, 3.8) is 0 Å². The Morgan fingerprint density at radius 2 is 2.11 bits per heavy atom. The Kier molecular flexibility index (Phi) is 7.27. The molecule has 1 rings (SSSR count). The van der Waals surface area contributed by atoms with Crippen LogP contribution in [-0.2, 0) is 4.74 Å². The predicted molar refractivity (Wildman–Crippen MR) is 73.7 cm³/mol. The largest absolute Gasteiger partial charge is 0.494 e. The van der Waals surface area contributed by atoms with Crippen molar-refractivity contribution >= 4 is 15.9 Å². The van der Waals surface area contributed by atoms with E-state index in [0.29, 0.717) is 13.0 Å². The number of ether oxygens (including phenoxy) is 2. The van der Waals surface area contributed by atoms with E-state index in [4.69, 9.17) is 15.2 Å². The number of halogens is 3. The van der Waals surface area contributed by atoms with E-state index in [1.54, 1.807) is 0 Å². The fourth-order valence-electron chi connectivity index (χ4n) is 1.60. The molecular weight excluding hydrogens is 320 g/mol. The first kappa shape index (κ1) is 16.3. The minimum atomic E-state index is -2.44. The van der Waals surface area contributed by atoms with Gasteiger partial charge in [0.05, 0.1) is 6.61 Å². The minimum Gasteiger partial charge on any atom is -0.494 e. The second-order valence-electron chi connectivity index (χ2n) is 3.98. The zero-order valence-electron chi connectivity index (χ0n) is 10.7. The summed E-state index contributed by atoms with van der Waals surface area (Å²) < 4.78 is 34.8. The zero-order chi connectivity index (χ0) is 14.3. The van der Waals surface area contributed by atoms with Gasteiger partial charge < -0.3 is 15.2 Å². The first-order valence-electron chi connectivity index (χ1n) is 6.08. The van der Waals surface area contributed by atoms with Crippen LogP contribution in [0.15, 0.2) is 22.7 Å². The van der Waals surface area contributed by atoms with Gasteiger partial charge >= 0.3 is 0 Å². The smallest absolute Gasteiger partial charge is 0.261 e. The van der Waals surface area contributed by atoms with Crippen molar-refractivity contribution in [2.45, 2.75) is 25.8 Å². The van der Waals surface area contributed by atoms with Crippen LogP contribution in [0.1, 0.15) is 24.9 Å². The quantitative estimate of drug-likeness (QED) is 0.738. The molecule has 1 atom stereocenters. The van der Waals surface area contributed by atoms with Crippen LogP contribution in [0, 0.1) is 0 Å². The molecule has 108 valence electrons. The average Bonchev–Trinajstić information content (AvgIpc) is 2.34. The molecule has 0 aliphatic carbocycles. The summed E-state index contributed by atoms with van der Waals surface area (Å²) >= 11 is 3.43. The van der Waals surface area contributed by atoms with E-state index in [2.05, 4.69) is 15.9 Å². The van der Waals surface area contributed by atoms with Crippen LogP contribution in [-0.4, -0.2) is 26.2 Å². The van der Waals surface area contributed by atoms with Gasteiger partial charge in [-0.1, -0.05) is 22.0 Å². The second-order valence-corrected chi connectivity index (χ2v) is 4.83. The molecule has 0 fully saturated rings. The molecule has 0 spiro atoms. The van der Waals surface area contributed by atoms with Gasteiger partial charge in [0.2, 0.25) is 0 Å². The van der Waals surface area contributed by atoms with Crippen LogP contribution < -0.4 is 10.5 Å². The molecule has 6 heteroatoms. The highest BCUT2D eigenvalue weighted by Gasteiger charge is 2.11. The van der Waals surface area contributed by atoms with Crippen LogP contribution in [0.3, 0.4) is 0 Å². The zero-order valence-corrected chi connectivity index (χ0v) is 12.3. The number of rotatable bonds is 8. The van der Waals surface area contributed by atoms with Gasteiger partial charge in [-0.15, -0.1) is 0 Å². The molecule has 1 unspecified atom stereocenters. The Morgan fingerprint density at radius 3 is 2.68 bits per heavy atom. The molecule has 1 aromatic rings. The van der Waals surface area contributed by atoms with E-state index < -0.39 is 13.0 Å². The lowest BCUT2D eigenvalue weighted by Crippen LogP contribution is -2.15. The molecule has 0 radical (unpaired) electrons. The van der Waals surface area contributed by atoms with Crippen molar-refractivity contribution in [1.82, 2.24) is 0 Å². The molecule has 0 heterocycles. The Bertz CT molecular complexity index is 391. The molecule has 0 aromatic heterocycles. The molecule has 1 aromatic carbocycles. The molecule has 0 saturated carbocycles. The third kappa shape index (κ3) is 5.84. The maximum Gasteiger partial charge on any atom is 0.261 e. The third-order valence-corrected chi connectivity index (χ3v) is 3.19. The Balaban J connectivity index is 2.49. The lowest BCUT2D eigenvalue weighted by atomic mass is 10.1. The Labute approximate surface area is 120 Å². The predicted octanol–water partition coefficient (Wildman–Crippen LogP) is 3.52. The molecule has 0 saturated heterocycles. The Hall–Kier alpha value is -0.720. The van der Waals surface area contributed by atoms with Gasteiger partial charge in [0.15, 0.2) is 0 Å². The standard InChI is InChI=1S/C13H18BrF2NO2/c1-2-19-9-3-4-10(11(14)7-9)12(17)5-6-18-8-13(15)16/h3-4,7,12-13H,2,5-6,8,17H2,1H3. The Morgan fingerprint density at radius 1 is 1.37 bits per heavy atom. The maximum atomic E-state index is 11.9. The highest BCUT2D eigenvalue weighted by Crippen LogP contribution is 2.28. The topological polar surface area (TPSA) is 44.5 Å². The molecule has 0 amide bonds. The van der Waals surface area contributed by atoms with Gasteiger partial charge in [0.25, 0.3) is 6.43 Å². The minimum absolute atomic E-state index is 0.213. The van der Waals surface area contributed by atoms with Gasteiger partial charge in [-0.25, -0.2) is 8.78 Å². The summed E-state index contributed by atoms with van der Waals surface area (Å²) in [6.07, 6.45) is -1.95. The monoisotopic (exact) mass is 337 g/mol. The van der Waals surface area contributed by atoms with Gasteiger partial charge in [0, 0.05) is 17.1 Å². The molecule has 19 heavy (non-hydrogen) atoms. The van der Waals surface area contributed by atoms with E-state index in [0.717, 1.165) is 15.8 Å². The summed E-state index contributed by atoms with van der Waals surface area (Å²) in [6.45, 7) is 2.18. The summed E-state index contributed by atoms with van der Waals surface area (Å²) in [5, 5.41) is 0. The lowest BCUT2D eigenvalue weighted by molar-refractivity contribution is 0.0152. The van der Waals surface area contributed by atoms with Gasteiger partial charge in [-0.2, -0.15) is 0 Å². The van der Waals surface area contributed by atoms with Crippen molar-refractivity contribution in [3.8, 4) is 5.75 Å². The van der Waals surface area contributed by atoms with Gasteiger partial charge in [-0.3, -0.25) is 0 Å². The van der Waals surface area contributed by atoms with E-state index in [-0.39, 0.29) is 12.6 Å². The number of benzene rings is 1. The van der Waals surface area contributed by atoms with Gasteiger partial charge in [0.1, 0.15) is 12.4 Å². The number of hydrogen-bond acceptors (Lipinski definition) is 3. The molecule has 0 bridgehead atoms. The van der Waals surface area contributed by atoms with Crippen molar-refractivity contribution in [2.75, 3.05) is 19.8 Å². The number of alkyl halides is 2. The molecule has 0 aliphatic rings. The fraction of sp³-hybridized carbons (Fsp3) is 0.538. The van der Waals surface area contributed by atoms with Crippen LogP contribution in [0.25, 0.3) is 0 Å². The summed E-state index contributed by atoms with van der Waals surface area (Å²) in [5.74, 6) is 0.763. The number of nitrogens with two attached hydrogens (primary N) is 1. The summed E-state index contributed by atoms with van der Waals surface area (Å²) in [6, 6.07) is 5.29. The van der Waals surface area contributed by atoms with Crippen LogP contribution in [0.4, 0.5) is 8.78 Å². The first-order chi connectivity index (χ1) is 9.04.